The second-order valence-electron chi connectivity index (χ2n) is 4.45. The van der Waals surface area contributed by atoms with E-state index in [2.05, 4.69) is 47.3 Å². The van der Waals surface area contributed by atoms with Gasteiger partial charge in [-0.25, -0.2) is 4.98 Å². The molecule has 0 saturated carbocycles. The van der Waals surface area contributed by atoms with Gasteiger partial charge in [0.15, 0.2) is 0 Å². The monoisotopic (exact) mass is 339 g/mol. The molecule has 1 aromatic heterocycles. The summed E-state index contributed by atoms with van der Waals surface area (Å²) in [6.07, 6.45) is 1.87. The van der Waals surface area contributed by atoms with Crippen LogP contribution in [-0.2, 0) is 10.3 Å². The highest BCUT2D eigenvalue weighted by Crippen LogP contribution is 2.36. The smallest absolute Gasteiger partial charge is 0.125 e. The number of halogens is 1. The van der Waals surface area contributed by atoms with Crippen LogP contribution < -0.4 is 0 Å². The number of thiazole rings is 1. The van der Waals surface area contributed by atoms with Crippen LogP contribution >= 0.6 is 27.3 Å². The zero-order valence-electron chi connectivity index (χ0n) is 11.4. The molecule has 0 saturated heterocycles. The first kappa shape index (κ1) is 14.7. The van der Waals surface area contributed by atoms with E-state index >= 15 is 0 Å². The van der Waals surface area contributed by atoms with Crippen molar-refractivity contribution in [1.82, 2.24) is 4.98 Å². The summed E-state index contributed by atoms with van der Waals surface area (Å²) < 4.78 is 6.81. The Morgan fingerprint density at radius 1 is 1.32 bits per heavy atom. The molecule has 0 unspecified atom stereocenters. The van der Waals surface area contributed by atoms with Gasteiger partial charge in [0.25, 0.3) is 0 Å². The fourth-order valence-corrected chi connectivity index (χ4v) is 3.74. The van der Waals surface area contributed by atoms with Gasteiger partial charge < -0.3 is 4.74 Å². The van der Waals surface area contributed by atoms with Crippen LogP contribution in [0, 0.1) is 0 Å². The lowest BCUT2D eigenvalue weighted by Crippen LogP contribution is -2.26. The van der Waals surface area contributed by atoms with Gasteiger partial charge in [0.2, 0.25) is 0 Å². The van der Waals surface area contributed by atoms with Crippen molar-refractivity contribution in [2.75, 3.05) is 7.11 Å². The molecule has 0 radical (unpaired) electrons. The first-order chi connectivity index (χ1) is 9.15. The number of hydrogen-bond donors (Lipinski definition) is 0. The van der Waals surface area contributed by atoms with Crippen molar-refractivity contribution in [3.05, 3.63) is 39.1 Å². The number of methoxy groups -OCH3 is 1. The second-order valence-corrected chi connectivity index (χ2v) is 6.23. The van der Waals surface area contributed by atoms with Gasteiger partial charge in [-0.2, -0.15) is 0 Å². The van der Waals surface area contributed by atoms with E-state index in [1.807, 2.05) is 12.1 Å². The third-order valence-corrected chi connectivity index (χ3v) is 5.07. The summed E-state index contributed by atoms with van der Waals surface area (Å²) in [6, 6.07) is 8.22. The molecule has 4 heteroatoms. The fourth-order valence-electron chi connectivity index (χ4n) is 2.19. The van der Waals surface area contributed by atoms with E-state index in [-0.39, 0.29) is 5.60 Å². The van der Waals surface area contributed by atoms with Gasteiger partial charge in [0.05, 0.1) is 5.69 Å². The first-order valence-corrected chi connectivity index (χ1v) is 8.09. The van der Waals surface area contributed by atoms with Crippen LogP contribution in [0.15, 0.2) is 34.1 Å². The molecule has 0 atom stereocenters. The van der Waals surface area contributed by atoms with Crippen LogP contribution in [0.3, 0.4) is 0 Å². The van der Waals surface area contributed by atoms with E-state index in [0.29, 0.717) is 0 Å². The molecule has 0 spiro atoms. The maximum Gasteiger partial charge on any atom is 0.125 e. The normalized spacial score (nSPS) is 11.8. The van der Waals surface area contributed by atoms with Gasteiger partial charge in [-0.3, -0.25) is 0 Å². The highest BCUT2D eigenvalue weighted by Gasteiger charge is 2.31. The summed E-state index contributed by atoms with van der Waals surface area (Å²) in [7, 11) is 1.77. The predicted octanol–water partition coefficient (Wildman–Crippen LogP) is 5.23. The Hall–Kier alpha value is -0.710. The van der Waals surface area contributed by atoms with Crippen LogP contribution in [0.1, 0.15) is 31.7 Å². The highest BCUT2D eigenvalue weighted by molar-refractivity contribution is 9.10. The van der Waals surface area contributed by atoms with Crippen molar-refractivity contribution in [2.45, 2.75) is 32.3 Å². The molecular weight excluding hydrogens is 322 g/mol. The third kappa shape index (κ3) is 2.91. The third-order valence-electron chi connectivity index (χ3n) is 3.55. The minimum atomic E-state index is -0.241. The largest absolute Gasteiger partial charge is 0.371 e. The van der Waals surface area contributed by atoms with E-state index in [0.717, 1.165) is 33.6 Å². The Bertz CT molecular complexity index is 540. The Balaban J connectivity index is 2.38. The molecule has 0 fully saturated rings. The molecule has 2 aromatic rings. The highest BCUT2D eigenvalue weighted by atomic mass is 79.9. The lowest BCUT2D eigenvalue weighted by molar-refractivity contribution is -0.0218. The summed E-state index contributed by atoms with van der Waals surface area (Å²) in [5, 5.41) is 3.17. The van der Waals surface area contributed by atoms with Crippen LogP contribution in [-0.4, -0.2) is 12.1 Å². The molecule has 1 aromatic carbocycles. The molecular formula is C15H18BrNOS. The molecule has 0 aliphatic heterocycles. The fraction of sp³-hybridized carbons (Fsp3) is 0.400. The average Bonchev–Trinajstić information content (AvgIpc) is 2.92. The maximum atomic E-state index is 5.73. The number of nitrogens with zero attached hydrogens (tertiary/aromatic N) is 1. The van der Waals surface area contributed by atoms with Gasteiger partial charge in [0, 0.05) is 22.5 Å². The molecule has 102 valence electrons. The first-order valence-electron chi connectivity index (χ1n) is 6.42. The average molecular weight is 340 g/mol. The standard InChI is InChI=1S/C15H18BrNOS/c1-4-15(5-2,18-3)14-17-13(10-19-14)11-7-6-8-12(16)9-11/h6-10H,4-5H2,1-3H3. The zero-order valence-corrected chi connectivity index (χ0v) is 13.8. The summed E-state index contributed by atoms with van der Waals surface area (Å²) >= 11 is 5.18. The van der Waals surface area contributed by atoms with Crippen LogP contribution in [0.5, 0.6) is 0 Å². The van der Waals surface area contributed by atoms with Crippen molar-refractivity contribution in [3.8, 4) is 11.3 Å². The lowest BCUT2D eigenvalue weighted by atomic mass is 9.98. The molecule has 0 N–H and O–H groups in total. The van der Waals surface area contributed by atoms with Gasteiger partial charge in [-0.15, -0.1) is 11.3 Å². The van der Waals surface area contributed by atoms with Gasteiger partial charge in [-0.05, 0) is 25.0 Å². The Morgan fingerprint density at radius 2 is 2.05 bits per heavy atom. The van der Waals surface area contributed by atoms with Crippen molar-refractivity contribution in [3.63, 3.8) is 0 Å². The minimum Gasteiger partial charge on any atom is -0.371 e. The van der Waals surface area contributed by atoms with Gasteiger partial charge in [0.1, 0.15) is 10.6 Å². The van der Waals surface area contributed by atoms with E-state index < -0.39 is 0 Å². The molecule has 2 nitrogen and oxygen atoms in total. The topological polar surface area (TPSA) is 22.1 Å². The molecule has 1 heterocycles. The van der Waals surface area contributed by atoms with Gasteiger partial charge >= 0.3 is 0 Å². The Kier molecular flexibility index (Phi) is 4.76. The van der Waals surface area contributed by atoms with E-state index in [1.54, 1.807) is 18.4 Å². The zero-order chi connectivity index (χ0) is 13.9. The van der Waals surface area contributed by atoms with E-state index in [4.69, 9.17) is 9.72 Å². The van der Waals surface area contributed by atoms with Crippen molar-refractivity contribution in [1.29, 1.82) is 0 Å². The molecule has 0 bridgehead atoms. The Morgan fingerprint density at radius 3 is 2.63 bits per heavy atom. The predicted molar refractivity (Wildman–Crippen MR) is 84.5 cm³/mol. The van der Waals surface area contributed by atoms with Crippen LogP contribution in [0.4, 0.5) is 0 Å². The minimum absolute atomic E-state index is 0.241. The summed E-state index contributed by atoms with van der Waals surface area (Å²) in [5.74, 6) is 0. The molecule has 0 aliphatic carbocycles. The van der Waals surface area contributed by atoms with Crippen LogP contribution in [0.2, 0.25) is 0 Å². The molecule has 0 aliphatic rings. The van der Waals surface area contributed by atoms with Gasteiger partial charge in [-0.1, -0.05) is 41.9 Å². The molecule has 19 heavy (non-hydrogen) atoms. The Labute approximate surface area is 127 Å². The summed E-state index contributed by atoms with van der Waals surface area (Å²) in [4.78, 5) is 4.78. The van der Waals surface area contributed by atoms with Crippen LogP contribution in [0.25, 0.3) is 11.3 Å². The number of benzene rings is 1. The van der Waals surface area contributed by atoms with Crippen molar-refractivity contribution < 1.29 is 4.74 Å². The maximum absolute atomic E-state index is 5.73. The van der Waals surface area contributed by atoms with E-state index in [1.165, 1.54) is 0 Å². The summed E-state index contributed by atoms with van der Waals surface area (Å²) in [5.41, 5.74) is 1.91. The van der Waals surface area contributed by atoms with Crippen molar-refractivity contribution >= 4 is 27.3 Å². The quantitative estimate of drug-likeness (QED) is 0.743. The number of hydrogen-bond acceptors (Lipinski definition) is 3. The lowest BCUT2D eigenvalue weighted by Gasteiger charge is -2.27. The second kappa shape index (κ2) is 6.16. The van der Waals surface area contributed by atoms with E-state index in [9.17, 15) is 0 Å². The molecule has 2 rings (SSSR count). The number of aromatic nitrogens is 1. The van der Waals surface area contributed by atoms with Crippen molar-refractivity contribution in [2.24, 2.45) is 0 Å². The number of ether oxygens (including phenoxy) is 1. The number of rotatable bonds is 5. The SMILES string of the molecule is CCC(CC)(OC)c1nc(-c2cccc(Br)c2)cs1. The summed E-state index contributed by atoms with van der Waals surface area (Å²) in [6.45, 7) is 4.29. The molecule has 0 amide bonds.